The van der Waals surface area contributed by atoms with Crippen molar-refractivity contribution in [2.75, 3.05) is 0 Å². The van der Waals surface area contributed by atoms with E-state index in [1.807, 2.05) is 22.0 Å². The quantitative estimate of drug-likeness (QED) is 0.260. The van der Waals surface area contributed by atoms with Crippen molar-refractivity contribution in [3.63, 3.8) is 0 Å². The SMILES string of the molecule is CCC1C[C](C(C)C(n2cncn2)n2cncn2)CC2=CC[C@@H]3[C@@H]4CC[C@](C)(C(C)CCCC(C)C)[C@@]4(C)CC[C@@H]3[C@]21C. The zero-order chi connectivity index (χ0) is 30.6. The van der Waals surface area contributed by atoms with Gasteiger partial charge in [-0.1, -0.05) is 92.7 Å². The highest BCUT2D eigenvalue weighted by atomic mass is 15.5. The molecular weight excluding hydrogens is 528 g/mol. The van der Waals surface area contributed by atoms with Crippen molar-refractivity contribution in [1.82, 2.24) is 29.5 Å². The van der Waals surface area contributed by atoms with Crippen LogP contribution in [0, 0.1) is 63.6 Å². The Hall–Kier alpha value is -1.98. The van der Waals surface area contributed by atoms with Crippen molar-refractivity contribution >= 4 is 0 Å². The van der Waals surface area contributed by atoms with Crippen LogP contribution in [-0.2, 0) is 0 Å². The molecule has 3 saturated carbocycles. The van der Waals surface area contributed by atoms with E-state index in [4.69, 9.17) is 0 Å². The Balaban J connectivity index is 1.24. The van der Waals surface area contributed by atoms with E-state index in [2.05, 4.69) is 81.6 Å². The number of nitrogens with zero attached hydrogens (tertiary/aromatic N) is 6. The second kappa shape index (κ2) is 11.7. The standard InChI is InChI=1S/C37H59N6/c1-9-29-19-28(27(5)34(42-23-38-21-40-42)43-24-39-22-41-43)20-30-13-14-31-32-15-17-35(6,26(4)12-10-11-25(2)3)36(32,7)18-16-33(31)37(29,30)8/h13,21-27,29,31-34H,9-12,14-20H2,1-8H3/t26?,27?,29?,31-,32+,33+,35-,36+,37+/m1/s1. The van der Waals surface area contributed by atoms with Crippen molar-refractivity contribution in [3.8, 4) is 0 Å². The van der Waals surface area contributed by atoms with Crippen LogP contribution in [0.2, 0.25) is 0 Å². The zero-order valence-corrected chi connectivity index (χ0v) is 28.5. The molecule has 2 aromatic heterocycles. The molecule has 0 spiro atoms. The Morgan fingerprint density at radius 3 is 2.19 bits per heavy atom. The van der Waals surface area contributed by atoms with Gasteiger partial charge in [0.25, 0.3) is 0 Å². The van der Waals surface area contributed by atoms with Gasteiger partial charge in [-0.15, -0.1) is 0 Å². The number of hydrogen-bond donors (Lipinski definition) is 0. The summed E-state index contributed by atoms with van der Waals surface area (Å²) >= 11 is 0. The zero-order valence-electron chi connectivity index (χ0n) is 28.5. The van der Waals surface area contributed by atoms with Crippen LogP contribution >= 0.6 is 0 Å². The third kappa shape index (κ3) is 4.96. The van der Waals surface area contributed by atoms with Gasteiger partial charge in [-0.3, -0.25) is 0 Å². The van der Waals surface area contributed by atoms with Gasteiger partial charge in [0.15, 0.2) is 0 Å². The van der Waals surface area contributed by atoms with E-state index in [0.717, 1.165) is 36.0 Å². The summed E-state index contributed by atoms with van der Waals surface area (Å²) in [5, 5.41) is 9.10. The van der Waals surface area contributed by atoms with Gasteiger partial charge in [0.1, 0.15) is 31.5 Å². The number of rotatable bonds is 10. The fourth-order valence-electron chi connectivity index (χ4n) is 11.4. The lowest BCUT2D eigenvalue weighted by Crippen LogP contribution is -2.55. The molecule has 0 aliphatic heterocycles. The number of allylic oxidation sites excluding steroid dienone is 2. The monoisotopic (exact) mass is 587 g/mol. The van der Waals surface area contributed by atoms with Crippen LogP contribution in [0.4, 0.5) is 0 Å². The molecular formula is C37H59N6. The molecule has 3 fully saturated rings. The predicted molar refractivity (Wildman–Crippen MR) is 174 cm³/mol. The van der Waals surface area contributed by atoms with Gasteiger partial charge < -0.3 is 0 Å². The van der Waals surface area contributed by atoms with Crippen LogP contribution < -0.4 is 0 Å². The van der Waals surface area contributed by atoms with Crippen molar-refractivity contribution in [1.29, 1.82) is 0 Å². The molecule has 0 bridgehead atoms. The van der Waals surface area contributed by atoms with Gasteiger partial charge in [0, 0.05) is 5.92 Å². The Bertz CT molecular complexity index is 1200. The molecule has 0 aromatic carbocycles. The predicted octanol–water partition coefficient (Wildman–Crippen LogP) is 9.19. The van der Waals surface area contributed by atoms with Gasteiger partial charge in [-0.05, 0) is 103 Å². The molecule has 6 nitrogen and oxygen atoms in total. The Morgan fingerprint density at radius 2 is 1.58 bits per heavy atom. The molecule has 0 N–H and O–H groups in total. The average Bonchev–Trinajstić information content (AvgIpc) is 3.75. The van der Waals surface area contributed by atoms with E-state index in [9.17, 15) is 0 Å². The number of hydrogen-bond acceptors (Lipinski definition) is 4. The molecule has 0 amide bonds. The first-order valence-electron chi connectivity index (χ1n) is 17.8. The summed E-state index contributed by atoms with van der Waals surface area (Å²) in [5.74, 6) is 6.84. The van der Waals surface area contributed by atoms with Crippen LogP contribution in [-0.4, -0.2) is 29.5 Å². The van der Waals surface area contributed by atoms with Crippen LogP contribution in [0.25, 0.3) is 0 Å². The first-order valence-corrected chi connectivity index (χ1v) is 17.8. The van der Waals surface area contributed by atoms with E-state index in [0.29, 0.717) is 28.1 Å². The van der Waals surface area contributed by atoms with Crippen molar-refractivity contribution in [3.05, 3.63) is 42.9 Å². The van der Waals surface area contributed by atoms with Gasteiger partial charge >= 0.3 is 0 Å². The van der Waals surface area contributed by atoms with Crippen molar-refractivity contribution < 1.29 is 0 Å². The average molecular weight is 588 g/mol. The first-order chi connectivity index (χ1) is 20.5. The van der Waals surface area contributed by atoms with Gasteiger partial charge in [-0.25, -0.2) is 19.3 Å². The molecule has 6 heteroatoms. The Labute approximate surface area is 261 Å². The smallest absolute Gasteiger partial charge is 0.150 e. The molecule has 4 aliphatic rings. The van der Waals surface area contributed by atoms with Crippen LogP contribution in [0.15, 0.2) is 37.0 Å². The maximum atomic E-state index is 4.55. The molecule has 4 aliphatic carbocycles. The molecule has 2 heterocycles. The maximum absolute atomic E-state index is 4.55. The molecule has 3 unspecified atom stereocenters. The highest BCUT2D eigenvalue weighted by Crippen LogP contribution is 2.72. The molecule has 0 saturated heterocycles. The summed E-state index contributed by atoms with van der Waals surface area (Å²) in [6.07, 6.45) is 24.4. The second-order valence-electron chi connectivity index (χ2n) is 16.4. The third-order valence-corrected chi connectivity index (χ3v) is 14.5. The lowest BCUT2D eigenvalue weighted by atomic mass is 9.42. The number of aromatic nitrogens is 6. The van der Waals surface area contributed by atoms with E-state index >= 15 is 0 Å². The molecule has 43 heavy (non-hydrogen) atoms. The maximum Gasteiger partial charge on any atom is 0.150 e. The van der Waals surface area contributed by atoms with Gasteiger partial charge in [0.2, 0.25) is 0 Å². The van der Waals surface area contributed by atoms with E-state index in [1.165, 1.54) is 64.2 Å². The molecule has 2 aromatic rings. The van der Waals surface area contributed by atoms with Gasteiger partial charge in [-0.2, -0.15) is 10.2 Å². The molecule has 237 valence electrons. The summed E-state index contributed by atoms with van der Waals surface area (Å²) in [7, 11) is 0. The van der Waals surface area contributed by atoms with E-state index < -0.39 is 0 Å². The van der Waals surface area contributed by atoms with Crippen molar-refractivity contribution in [2.24, 2.45) is 57.7 Å². The lowest BCUT2D eigenvalue weighted by molar-refractivity contribution is -0.0962. The summed E-state index contributed by atoms with van der Waals surface area (Å²) in [6, 6.07) is 0. The highest BCUT2D eigenvalue weighted by molar-refractivity contribution is 5.32. The summed E-state index contributed by atoms with van der Waals surface area (Å²) in [5.41, 5.74) is 3.03. The van der Waals surface area contributed by atoms with Crippen LogP contribution in [0.1, 0.15) is 132 Å². The van der Waals surface area contributed by atoms with Crippen LogP contribution in [0.3, 0.4) is 0 Å². The normalized spacial score (nSPS) is 37.6. The largest absolute Gasteiger partial charge is 0.228 e. The summed E-state index contributed by atoms with van der Waals surface area (Å²) in [6.45, 7) is 20.3. The minimum atomic E-state index is -0.0344. The fourth-order valence-corrected chi connectivity index (χ4v) is 11.4. The Kier molecular flexibility index (Phi) is 8.47. The Morgan fingerprint density at radius 1 is 0.907 bits per heavy atom. The summed E-state index contributed by atoms with van der Waals surface area (Å²) in [4.78, 5) is 8.55. The lowest BCUT2D eigenvalue weighted by Gasteiger charge is -2.62. The first kappa shape index (κ1) is 31.0. The highest BCUT2D eigenvalue weighted by Gasteiger charge is 2.64. The topological polar surface area (TPSA) is 61.4 Å². The van der Waals surface area contributed by atoms with E-state index in [1.54, 1.807) is 24.1 Å². The minimum absolute atomic E-state index is 0.0344. The second-order valence-corrected chi connectivity index (χ2v) is 16.4. The summed E-state index contributed by atoms with van der Waals surface area (Å²) < 4.78 is 3.94. The third-order valence-electron chi connectivity index (χ3n) is 14.5. The van der Waals surface area contributed by atoms with Crippen molar-refractivity contribution in [2.45, 2.75) is 132 Å². The molecule has 1 radical (unpaired) electrons. The van der Waals surface area contributed by atoms with Crippen LogP contribution in [0.5, 0.6) is 0 Å². The molecule has 9 atom stereocenters. The molecule has 6 rings (SSSR count). The number of fused-ring (bicyclic) bond motifs is 5. The minimum Gasteiger partial charge on any atom is -0.228 e. The van der Waals surface area contributed by atoms with Gasteiger partial charge in [0.05, 0.1) is 0 Å². The fraction of sp³-hybridized carbons (Fsp3) is 0.811. The van der Waals surface area contributed by atoms with E-state index in [-0.39, 0.29) is 6.17 Å².